The number of hydrogen-bond acceptors (Lipinski definition) is 5. The Morgan fingerprint density at radius 2 is 1.93 bits per heavy atom. The molecule has 2 heterocycles. The fourth-order valence-electron chi connectivity index (χ4n) is 2.57. The number of aromatic amines is 1. The van der Waals surface area contributed by atoms with Crippen molar-refractivity contribution in [1.29, 1.82) is 0 Å². The highest BCUT2D eigenvalue weighted by molar-refractivity contribution is 6.05. The number of nitrogens with two attached hydrogens (primary N) is 1. The lowest BCUT2D eigenvalue weighted by Crippen LogP contribution is -2.34. The molecule has 0 aliphatic rings. The first kappa shape index (κ1) is 25.1. The minimum atomic E-state index is -0.607. The van der Waals surface area contributed by atoms with E-state index >= 15 is 0 Å². The van der Waals surface area contributed by atoms with Crippen LogP contribution in [0.2, 0.25) is 0 Å². The average molecular weight is 420 g/mol. The number of carbonyl (C=O) groups excluding carboxylic acids is 1. The van der Waals surface area contributed by atoms with Gasteiger partial charge in [-0.05, 0) is 32.3 Å². The maximum atomic E-state index is 12.6. The number of halogens is 2. The lowest BCUT2D eigenvalue weighted by atomic mass is 10.0. The molecule has 2 aromatic rings. The maximum Gasteiger partial charge on any atom is 0.329 e. The van der Waals surface area contributed by atoms with Crippen molar-refractivity contribution in [3.8, 4) is 0 Å². The van der Waals surface area contributed by atoms with Crippen molar-refractivity contribution in [2.75, 3.05) is 6.54 Å². The van der Waals surface area contributed by atoms with Gasteiger partial charge in [0.05, 0.1) is 10.9 Å². The van der Waals surface area contributed by atoms with E-state index in [2.05, 4.69) is 15.3 Å². The summed E-state index contributed by atoms with van der Waals surface area (Å²) in [6.45, 7) is 8.26. The van der Waals surface area contributed by atoms with Gasteiger partial charge in [0.1, 0.15) is 0 Å². The monoisotopic (exact) mass is 419 g/mol. The van der Waals surface area contributed by atoms with Crippen LogP contribution in [-0.2, 0) is 6.54 Å². The first-order chi connectivity index (χ1) is 11.8. The summed E-state index contributed by atoms with van der Waals surface area (Å²) >= 11 is 0. The zero-order valence-corrected chi connectivity index (χ0v) is 17.5. The molecule has 0 fully saturated rings. The van der Waals surface area contributed by atoms with Crippen molar-refractivity contribution >= 4 is 41.8 Å². The molecule has 0 saturated carbocycles. The summed E-state index contributed by atoms with van der Waals surface area (Å²) in [5.74, 6) is -0.332. The van der Waals surface area contributed by atoms with Gasteiger partial charge in [-0.15, -0.1) is 24.8 Å². The Hall–Kier alpha value is -1.90. The van der Waals surface area contributed by atoms with Crippen LogP contribution in [0.4, 0.5) is 0 Å². The first-order valence-corrected chi connectivity index (χ1v) is 8.47. The highest BCUT2D eigenvalue weighted by Crippen LogP contribution is 2.19. The number of amides is 1. The topological polar surface area (TPSA) is 123 Å². The molecule has 4 N–H and O–H groups in total. The van der Waals surface area contributed by atoms with Gasteiger partial charge in [-0.25, -0.2) is 9.78 Å². The van der Waals surface area contributed by atoms with Gasteiger partial charge in [0.2, 0.25) is 0 Å². The number of aromatic nitrogens is 3. The predicted molar refractivity (Wildman–Crippen MR) is 111 cm³/mol. The Kier molecular flexibility index (Phi) is 9.70. The smallest absolute Gasteiger partial charge is 0.329 e. The number of H-pyrrole nitrogens is 1. The number of carbonyl (C=O) groups is 1. The first-order valence-electron chi connectivity index (χ1n) is 8.47. The Bertz CT molecular complexity index is 906. The number of nitrogens with one attached hydrogen (secondary N) is 2. The molecule has 1 atom stereocenters. The number of pyridine rings is 1. The number of hydrogen-bond donors (Lipinski definition) is 3. The van der Waals surface area contributed by atoms with Gasteiger partial charge in [0, 0.05) is 24.8 Å². The van der Waals surface area contributed by atoms with Crippen LogP contribution in [0.5, 0.6) is 0 Å². The van der Waals surface area contributed by atoms with E-state index in [9.17, 15) is 14.4 Å². The Morgan fingerprint density at radius 3 is 2.44 bits per heavy atom. The molecule has 0 aliphatic carbocycles. The summed E-state index contributed by atoms with van der Waals surface area (Å²) in [7, 11) is 0. The van der Waals surface area contributed by atoms with Crippen LogP contribution in [-0.4, -0.2) is 33.0 Å². The Morgan fingerprint density at radius 1 is 1.30 bits per heavy atom. The highest BCUT2D eigenvalue weighted by atomic mass is 35.5. The van der Waals surface area contributed by atoms with Crippen LogP contribution >= 0.6 is 24.8 Å². The van der Waals surface area contributed by atoms with E-state index in [0.717, 1.165) is 0 Å². The van der Waals surface area contributed by atoms with Crippen molar-refractivity contribution in [2.45, 2.75) is 52.6 Å². The SMILES string of the molecule is CCn1c(=O)[nH]c(=O)c2c(C(=O)NCCC(C)N)cc(C(C)C)nc21.Cl.Cl. The molecule has 2 aromatic heterocycles. The normalized spacial score (nSPS) is 11.6. The second-order valence-electron chi connectivity index (χ2n) is 6.47. The summed E-state index contributed by atoms with van der Waals surface area (Å²) in [4.78, 5) is 43.8. The molecule has 0 bridgehead atoms. The van der Waals surface area contributed by atoms with Gasteiger partial charge in [-0.1, -0.05) is 13.8 Å². The summed E-state index contributed by atoms with van der Waals surface area (Å²) in [5.41, 5.74) is 5.67. The van der Waals surface area contributed by atoms with E-state index in [-0.39, 0.29) is 59.3 Å². The van der Waals surface area contributed by atoms with Crippen LogP contribution in [0.25, 0.3) is 11.0 Å². The molecule has 8 nitrogen and oxygen atoms in total. The van der Waals surface area contributed by atoms with Crippen molar-refractivity contribution in [1.82, 2.24) is 19.9 Å². The van der Waals surface area contributed by atoms with Crippen LogP contribution < -0.4 is 22.3 Å². The van der Waals surface area contributed by atoms with E-state index in [1.165, 1.54) is 4.57 Å². The second-order valence-corrected chi connectivity index (χ2v) is 6.47. The third-order valence-electron chi connectivity index (χ3n) is 4.01. The van der Waals surface area contributed by atoms with Crippen LogP contribution in [0.3, 0.4) is 0 Å². The molecule has 0 aliphatic heterocycles. The van der Waals surface area contributed by atoms with E-state index in [1.54, 1.807) is 13.0 Å². The molecule has 152 valence electrons. The summed E-state index contributed by atoms with van der Waals surface area (Å²) in [6, 6.07) is 1.59. The molecule has 0 aromatic carbocycles. The number of nitrogens with zero attached hydrogens (tertiary/aromatic N) is 2. The fraction of sp³-hybridized carbons (Fsp3) is 0.529. The lowest BCUT2D eigenvalue weighted by molar-refractivity contribution is 0.0954. The molecule has 0 radical (unpaired) electrons. The molecular weight excluding hydrogens is 393 g/mol. The number of fused-ring (bicyclic) bond motifs is 1. The summed E-state index contributed by atoms with van der Waals surface area (Å²) in [5, 5.41) is 2.91. The van der Waals surface area contributed by atoms with E-state index < -0.39 is 11.2 Å². The third kappa shape index (κ3) is 5.54. The lowest BCUT2D eigenvalue weighted by Gasteiger charge is -2.14. The van der Waals surface area contributed by atoms with Crippen molar-refractivity contribution in [2.24, 2.45) is 5.73 Å². The Labute approximate surface area is 169 Å². The van der Waals surface area contributed by atoms with Crippen LogP contribution in [0, 0.1) is 0 Å². The molecule has 0 saturated heterocycles. The molecule has 2 rings (SSSR count). The van der Waals surface area contributed by atoms with Gasteiger partial charge in [-0.2, -0.15) is 0 Å². The highest BCUT2D eigenvalue weighted by Gasteiger charge is 2.19. The summed E-state index contributed by atoms with van der Waals surface area (Å²) in [6.07, 6.45) is 0.627. The average Bonchev–Trinajstić information content (AvgIpc) is 2.53. The van der Waals surface area contributed by atoms with Gasteiger partial charge in [0.15, 0.2) is 5.65 Å². The molecule has 27 heavy (non-hydrogen) atoms. The molecule has 1 amide bonds. The maximum absolute atomic E-state index is 12.6. The van der Waals surface area contributed by atoms with Gasteiger partial charge in [-0.3, -0.25) is 19.1 Å². The largest absolute Gasteiger partial charge is 0.352 e. The van der Waals surface area contributed by atoms with Crippen LogP contribution in [0.15, 0.2) is 15.7 Å². The minimum absolute atomic E-state index is 0. The van der Waals surface area contributed by atoms with E-state index in [1.807, 2.05) is 20.8 Å². The van der Waals surface area contributed by atoms with Gasteiger partial charge < -0.3 is 11.1 Å². The standard InChI is InChI=1S/C17H25N5O3.2ClH/c1-5-22-14-13(16(24)21-17(22)25)11(8-12(20-14)9(2)3)15(23)19-7-6-10(4)18;;/h8-10H,5-7,18H2,1-4H3,(H,19,23)(H,21,24,25);2*1H. The zero-order chi connectivity index (χ0) is 18.7. The van der Waals surface area contributed by atoms with Gasteiger partial charge in [0.25, 0.3) is 11.5 Å². The van der Waals surface area contributed by atoms with Gasteiger partial charge >= 0.3 is 5.69 Å². The van der Waals surface area contributed by atoms with E-state index in [4.69, 9.17) is 5.73 Å². The zero-order valence-electron chi connectivity index (χ0n) is 15.9. The molecule has 0 spiro atoms. The van der Waals surface area contributed by atoms with Crippen LogP contribution in [0.1, 0.15) is 56.1 Å². The third-order valence-corrected chi connectivity index (χ3v) is 4.01. The minimum Gasteiger partial charge on any atom is -0.352 e. The number of rotatable bonds is 6. The van der Waals surface area contributed by atoms with E-state index in [0.29, 0.717) is 25.2 Å². The van der Waals surface area contributed by atoms with Crippen molar-refractivity contribution in [3.05, 3.63) is 38.2 Å². The number of aryl methyl sites for hydroxylation is 1. The Balaban J connectivity index is 0.00000338. The summed E-state index contributed by atoms with van der Waals surface area (Å²) < 4.78 is 1.36. The van der Waals surface area contributed by atoms with Crippen molar-refractivity contribution in [3.63, 3.8) is 0 Å². The molecule has 10 heteroatoms. The molecule has 1 unspecified atom stereocenters. The quantitative estimate of drug-likeness (QED) is 0.654. The second kappa shape index (κ2) is 10.4. The molecular formula is C17H27Cl2N5O3. The predicted octanol–water partition coefficient (Wildman–Crippen LogP) is 1.54. The van der Waals surface area contributed by atoms with Crippen molar-refractivity contribution < 1.29 is 4.79 Å². The fourth-order valence-corrected chi connectivity index (χ4v) is 2.57.